The van der Waals surface area contributed by atoms with Gasteiger partial charge in [-0.2, -0.15) is 5.26 Å². The Morgan fingerprint density at radius 3 is 2.70 bits per heavy atom. The van der Waals surface area contributed by atoms with Crippen LogP contribution in [0.3, 0.4) is 0 Å². The molecule has 134 valence electrons. The Hall–Kier alpha value is -3.72. The van der Waals surface area contributed by atoms with Crippen molar-refractivity contribution in [3.8, 4) is 29.0 Å². The SMILES string of the molecule is COc1cccc(C2C(C#N)=C(N)Oc3n[nH]c(-c4ccc(C)cc4)c32)c1. The molecule has 1 aliphatic heterocycles. The minimum Gasteiger partial charge on any atom is -0.497 e. The minimum atomic E-state index is -0.399. The van der Waals surface area contributed by atoms with Gasteiger partial charge < -0.3 is 15.2 Å². The lowest BCUT2D eigenvalue weighted by Gasteiger charge is -2.24. The zero-order chi connectivity index (χ0) is 19.0. The third kappa shape index (κ3) is 2.79. The number of methoxy groups -OCH3 is 1. The standard InChI is InChI=1S/C21H18N4O2/c1-12-6-8-13(9-7-12)19-18-17(14-4-3-5-15(10-14)26-2)16(11-22)20(23)27-21(18)25-24-19/h3-10,17H,23H2,1-2H3,(H,24,25). The van der Waals surface area contributed by atoms with Crippen molar-refractivity contribution in [3.63, 3.8) is 0 Å². The molecule has 6 heteroatoms. The first kappa shape index (κ1) is 16.7. The second kappa shape index (κ2) is 6.54. The molecule has 2 aromatic carbocycles. The molecular weight excluding hydrogens is 340 g/mol. The van der Waals surface area contributed by atoms with Crippen LogP contribution in [-0.4, -0.2) is 17.3 Å². The van der Waals surface area contributed by atoms with Crippen LogP contribution in [0, 0.1) is 18.3 Å². The molecule has 1 aromatic heterocycles. The molecule has 0 bridgehead atoms. The summed E-state index contributed by atoms with van der Waals surface area (Å²) in [5.41, 5.74) is 11.0. The first-order chi connectivity index (χ1) is 13.1. The summed E-state index contributed by atoms with van der Waals surface area (Å²) in [5, 5.41) is 17.1. The summed E-state index contributed by atoms with van der Waals surface area (Å²) in [6, 6.07) is 17.9. The van der Waals surface area contributed by atoms with Gasteiger partial charge in [-0.15, -0.1) is 5.10 Å². The number of fused-ring (bicyclic) bond motifs is 1. The Labute approximate surface area is 156 Å². The Bertz CT molecular complexity index is 1070. The molecular formula is C21H18N4O2. The largest absolute Gasteiger partial charge is 0.497 e. The maximum atomic E-state index is 9.75. The van der Waals surface area contributed by atoms with Gasteiger partial charge in [-0.3, -0.25) is 5.10 Å². The monoisotopic (exact) mass is 358 g/mol. The molecule has 1 aliphatic rings. The molecule has 0 saturated heterocycles. The summed E-state index contributed by atoms with van der Waals surface area (Å²) >= 11 is 0. The van der Waals surface area contributed by atoms with Gasteiger partial charge in [0.25, 0.3) is 0 Å². The van der Waals surface area contributed by atoms with Crippen molar-refractivity contribution in [2.45, 2.75) is 12.8 Å². The number of aromatic amines is 1. The van der Waals surface area contributed by atoms with Gasteiger partial charge in [-0.1, -0.05) is 42.0 Å². The highest BCUT2D eigenvalue weighted by Gasteiger charge is 2.35. The molecule has 0 radical (unpaired) electrons. The average molecular weight is 358 g/mol. The van der Waals surface area contributed by atoms with Gasteiger partial charge in [0.2, 0.25) is 11.8 Å². The zero-order valence-electron chi connectivity index (χ0n) is 15.0. The summed E-state index contributed by atoms with van der Waals surface area (Å²) in [4.78, 5) is 0. The van der Waals surface area contributed by atoms with Gasteiger partial charge in [0.15, 0.2) is 0 Å². The van der Waals surface area contributed by atoms with Gasteiger partial charge in [-0.25, -0.2) is 0 Å². The van der Waals surface area contributed by atoms with Gasteiger partial charge in [-0.05, 0) is 24.6 Å². The van der Waals surface area contributed by atoms with E-state index in [1.54, 1.807) is 7.11 Å². The van der Waals surface area contributed by atoms with Gasteiger partial charge >= 0.3 is 0 Å². The number of benzene rings is 2. The van der Waals surface area contributed by atoms with Crippen LogP contribution in [0.4, 0.5) is 0 Å². The van der Waals surface area contributed by atoms with Crippen LogP contribution in [0.25, 0.3) is 11.3 Å². The van der Waals surface area contributed by atoms with Gasteiger partial charge in [0.1, 0.15) is 17.4 Å². The van der Waals surface area contributed by atoms with Crippen LogP contribution in [0.1, 0.15) is 22.6 Å². The number of aromatic nitrogens is 2. The fourth-order valence-corrected chi connectivity index (χ4v) is 3.34. The van der Waals surface area contributed by atoms with E-state index in [9.17, 15) is 5.26 Å². The molecule has 27 heavy (non-hydrogen) atoms. The van der Waals surface area contributed by atoms with E-state index in [1.165, 1.54) is 0 Å². The number of allylic oxidation sites excluding steroid dienone is 1. The molecule has 3 N–H and O–H groups in total. The normalized spacial score (nSPS) is 15.7. The molecule has 0 spiro atoms. The molecule has 2 heterocycles. The molecule has 1 atom stereocenters. The lowest BCUT2D eigenvalue weighted by atomic mass is 9.83. The number of ether oxygens (including phenoxy) is 2. The van der Waals surface area contributed by atoms with Crippen molar-refractivity contribution < 1.29 is 9.47 Å². The first-order valence-corrected chi connectivity index (χ1v) is 8.49. The van der Waals surface area contributed by atoms with E-state index in [0.717, 1.165) is 27.9 Å². The Morgan fingerprint density at radius 1 is 1.22 bits per heavy atom. The smallest absolute Gasteiger partial charge is 0.244 e. The molecule has 0 aliphatic carbocycles. The number of aryl methyl sites for hydroxylation is 1. The molecule has 1 unspecified atom stereocenters. The number of hydrogen-bond donors (Lipinski definition) is 2. The lowest BCUT2D eigenvalue weighted by Crippen LogP contribution is -2.21. The number of nitrogens with zero attached hydrogens (tertiary/aromatic N) is 2. The van der Waals surface area contributed by atoms with Gasteiger partial charge in [0, 0.05) is 5.56 Å². The third-order valence-electron chi connectivity index (χ3n) is 4.71. The highest BCUT2D eigenvalue weighted by molar-refractivity contribution is 5.71. The van der Waals surface area contributed by atoms with Crippen LogP contribution >= 0.6 is 0 Å². The molecule has 3 aromatic rings. The van der Waals surface area contributed by atoms with E-state index in [4.69, 9.17) is 15.2 Å². The Balaban J connectivity index is 1.94. The molecule has 4 rings (SSSR count). The summed E-state index contributed by atoms with van der Waals surface area (Å²) in [7, 11) is 1.61. The third-order valence-corrected chi connectivity index (χ3v) is 4.71. The number of rotatable bonds is 3. The highest BCUT2D eigenvalue weighted by Crippen LogP contribution is 2.46. The second-order valence-corrected chi connectivity index (χ2v) is 6.38. The fourth-order valence-electron chi connectivity index (χ4n) is 3.34. The maximum absolute atomic E-state index is 9.75. The van der Waals surface area contributed by atoms with Crippen LogP contribution in [0.15, 0.2) is 60.0 Å². The van der Waals surface area contributed by atoms with E-state index >= 15 is 0 Å². The second-order valence-electron chi connectivity index (χ2n) is 6.38. The summed E-state index contributed by atoms with van der Waals surface area (Å²) in [6.07, 6.45) is 0. The summed E-state index contributed by atoms with van der Waals surface area (Å²) < 4.78 is 11.0. The Kier molecular flexibility index (Phi) is 4.05. The van der Waals surface area contributed by atoms with Gasteiger partial charge in [0.05, 0.1) is 24.3 Å². The highest BCUT2D eigenvalue weighted by atomic mass is 16.5. The summed E-state index contributed by atoms with van der Waals surface area (Å²) in [5.74, 6) is 0.760. The molecule has 0 amide bonds. The van der Waals surface area contributed by atoms with E-state index in [1.807, 2.05) is 55.5 Å². The molecule has 0 fully saturated rings. The molecule has 6 nitrogen and oxygen atoms in total. The number of nitrogens with two attached hydrogens (primary N) is 1. The van der Waals surface area contributed by atoms with E-state index in [0.29, 0.717) is 17.2 Å². The quantitative estimate of drug-likeness (QED) is 0.745. The number of H-pyrrole nitrogens is 1. The van der Waals surface area contributed by atoms with Crippen molar-refractivity contribution in [3.05, 3.63) is 76.7 Å². The number of nitriles is 1. The predicted molar refractivity (Wildman–Crippen MR) is 101 cm³/mol. The van der Waals surface area contributed by atoms with Crippen LogP contribution in [0.2, 0.25) is 0 Å². The summed E-state index contributed by atoms with van der Waals surface area (Å²) in [6.45, 7) is 2.03. The molecule has 0 saturated carbocycles. The maximum Gasteiger partial charge on any atom is 0.244 e. The van der Waals surface area contributed by atoms with Crippen molar-refractivity contribution in [2.24, 2.45) is 5.73 Å². The van der Waals surface area contributed by atoms with E-state index < -0.39 is 5.92 Å². The first-order valence-electron chi connectivity index (χ1n) is 8.49. The van der Waals surface area contributed by atoms with Crippen molar-refractivity contribution in [2.75, 3.05) is 7.11 Å². The lowest BCUT2D eigenvalue weighted by molar-refractivity contribution is 0.378. The van der Waals surface area contributed by atoms with Crippen LogP contribution in [0.5, 0.6) is 11.6 Å². The van der Waals surface area contributed by atoms with E-state index in [2.05, 4.69) is 16.3 Å². The predicted octanol–water partition coefficient (Wildman–Crippen LogP) is 3.61. The zero-order valence-corrected chi connectivity index (χ0v) is 15.0. The van der Waals surface area contributed by atoms with Crippen LogP contribution in [-0.2, 0) is 0 Å². The Morgan fingerprint density at radius 2 is 2.00 bits per heavy atom. The van der Waals surface area contributed by atoms with Crippen molar-refractivity contribution >= 4 is 0 Å². The fraction of sp³-hybridized carbons (Fsp3) is 0.143. The minimum absolute atomic E-state index is 0.0692. The number of hydrogen-bond acceptors (Lipinski definition) is 5. The van der Waals surface area contributed by atoms with Crippen molar-refractivity contribution in [1.82, 2.24) is 10.2 Å². The topological polar surface area (TPSA) is 96.9 Å². The van der Waals surface area contributed by atoms with Crippen LogP contribution < -0.4 is 15.2 Å². The average Bonchev–Trinajstić information content (AvgIpc) is 3.10. The van der Waals surface area contributed by atoms with Crippen molar-refractivity contribution in [1.29, 1.82) is 5.26 Å². The number of nitrogens with one attached hydrogen (secondary N) is 1. The van der Waals surface area contributed by atoms with E-state index in [-0.39, 0.29) is 5.88 Å².